The van der Waals surface area contributed by atoms with Gasteiger partial charge in [0.05, 0.1) is 5.69 Å². The van der Waals surface area contributed by atoms with E-state index in [4.69, 9.17) is 0 Å². The Morgan fingerprint density at radius 2 is 1.90 bits per heavy atom. The number of aryl methyl sites for hydroxylation is 1. The van der Waals surface area contributed by atoms with Crippen LogP contribution in [-0.4, -0.2) is 59.8 Å². The summed E-state index contributed by atoms with van der Waals surface area (Å²) in [7, 11) is 0. The van der Waals surface area contributed by atoms with E-state index in [2.05, 4.69) is 21.5 Å². The van der Waals surface area contributed by atoms with Crippen molar-refractivity contribution in [1.29, 1.82) is 0 Å². The smallest absolute Gasteiger partial charge is 0.406 e. The van der Waals surface area contributed by atoms with Gasteiger partial charge in [-0.3, -0.25) is 4.79 Å². The number of hydrogen-bond acceptors (Lipinski definition) is 5. The van der Waals surface area contributed by atoms with E-state index >= 15 is 0 Å². The van der Waals surface area contributed by atoms with Crippen molar-refractivity contribution in [3.05, 3.63) is 34.8 Å². The van der Waals surface area contributed by atoms with Crippen molar-refractivity contribution in [2.45, 2.75) is 39.5 Å². The monoisotopic (exact) mass is 441 g/mol. The zero-order chi connectivity index (χ0) is 21.7. The number of carbonyl (C=O) groups excluding carboxylic acids is 1. The number of carbonyl (C=O) groups is 1. The fraction of sp³-hybridized carbons (Fsp3) is 0.524. The van der Waals surface area contributed by atoms with Gasteiger partial charge in [-0.15, -0.1) is 24.5 Å². The summed E-state index contributed by atoms with van der Waals surface area (Å²) in [5.41, 5.74) is 1.29. The van der Waals surface area contributed by atoms with Crippen molar-refractivity contribution >= 4 is 17.2 Å². The highest BCUT2D eigenvalue weighted by atomic mass is 32.1. The SMILES string of the molecule is CCCCN1CCCN(C(=O)c2sc(-c3ccc(OC(F)(F)F)cc3)nc2C)CC1. The van der Waals surface area contributed by atoms with Crippen molar-refractivity contribution in [1.82, 2.24) is 14.8 Å². The average molecular weight is 442 g/mol. The van der Waals surface area contributed by atoms with Crippen LogP contribution in [0.1, 0.15) is 41.6 Å². The van der Waals surface area contributed by atoms with Crippen LogP contribution in [0, 0.1) is 6.92 Å². The first-order valence-corrected chi connectivity index (χ1v) is 10.9. The van der Waals surface area contributed by atoms with Crippen molar-refractivity contribution < 1.29 is 22.7 Å². The number of aromatic nitrogens is 1. The van der Waals surface area contributed by atoms with E-state index in [0.717, 1.165) is 45.4 Å². The molecule has 0 aliphatic carbocycles. The molecule has 0 unspecified atom stereocenters. The van der Waals surface area contributed by atoms with E-state index in [-0.39, 0.29) is 11.7 Å². The van der Waals surface area contributed by atoms with Gasteiger partial charge in [-0.25, -0.2) is 4.98 Å². The highest BCUT2D eigenvalue weighted by Gasteiger charge is 2.31. The van der Waals surface area contributed by atoms with Crippen molar-refractivity contribution in [2.24, 2.45) is 0 Å². The lowest BCUT2D eigenvalue weighted by Crippen LogP contribution is -2.35. The minimum atomic E-state index is -4.72. The van der Waals surface area contributed by atoms with Crippen LogP contribution in [0.15, 0.2) is 24.3 Å². The topological polar surface area (TPSA) is 45.7 Å². The van der Waals surface area contributed by atoms with Gasteiger partial charge in [-0.05, 0) is 57.1 Å². The Labute approximate surface area is 178 Å². The first kappa shape index (κ1) is 22.6. The molecule has 5 nitrogen and oxygen atoms in total. The highest BCUT2D eigenvalue weighted by Crippen LogP contribution is 2.31. The lowest BCUT2D eigenvalue weighted by molar-refractivity contribution is -0.274. The maximum Gasteiger partial charge on any atom is 0.573 e. The van der Waals surface area contributed by atoms with Gasteiger partial charge in [0.25, 0.3) is 5.91 Å². The summed E-state index contributed by atoms with van der Waals surface area (Å²) < 4.78 is 40.9. The predicted molar refractivity (Wildman–Crippen MR) is 111 cm³/mol. The Kier molecular flexibility index (Phi) is 7.36. The molecule has 1 aliphatic heterocycles. The van der Waals surface area contributed by atoms with E-state index < -0.39 is 6.36 Å². The van der Waals surface area contributed by atoms with Gasteiger partial charge < -0.3 is 14.5 Å². The Balaban J connectivity index is 1.69. The molecule has 1 aliphatic rings. The van der Waals surface area contributed by atoms with Crippen LogP contribution in [0.4, 0.5) is 13.2 Å². The fourth-order valence-corrected chi connectivity index (χ4v) is 4.48. The Hall–Kier alpha value is -2.13. The summed E-state index contributed by atoms with van der Waals surface area (Å²) >= 11 is 1.28. The molecule has 1 aromatic carbocycles. The quantitative estimate of drug-likeness (QED) is 0.635. The summed E-state index contributed by atoms with van der Waals surface area (Å²) in [6, 6.07) is 5.54. The molecule has 3 rings (SSSR count). The first-order valence-electron chi connectivity index (χ1n) is 10.1. The molecule has 0 spiro atoms. The number of ether oxygens (including phenoxy) is 1. The Bertz CT molecular complexity index is 852. The molecule has 2 aromatic rings. The third-order valence-electron chi connectivity index (χ3n) is 5.03. The van der Waals surface area contributed by atoms with Crippen LogP contribution >= 0.6 is 11.3 Å². The van der Waals surface area contributed by atoms with Crippen LogP contribution < -0.4 is 4.74 Å². The maximum absolute atomic E-state index is 13.1. The molecule has 0 atom stereocenters. The number of rotatable bonds is 6. The summed E-state index contributed by atoms with van der Waals surface area (Å²) in [6.07, 6.45) is -1.46. The van der Waals surface area contributed by atoms with Crippen LogP contribution in [0.2, 0.25) is 0 Å². The molecule has 30 heavy (non-hydrogen) atoms. The predicted octanol–water partition coefficient (Wildman–Crippen LogP) is 4.97. The number of nitrogens with zero attached hydrogens (tertiary/aromatic N) is 3. The van der Waals surface area contributed by atoms with Crippen molar-refractivity contribution in [2.75, 3.05) is 32.7 Å². The summed E-state index contributed by atoms with van der Waals surface area (Å²) in [4.78, 5) is 22.4. The number of halogens is 3. The molecule has 0 N–H and O–H groups in total. The van der Waals surface area contributed by atoms with Gasteiger partial charge in [-0.1, -0.05) is 13.3 Å². The normalized spacial score (nSPS) is 15.8. The number of hydrogen-bond donors (Lipinski definition) is 0. The molecule has 0 saturated carbocycles. The van der Waals surface area contributed by atoms with Gasteiger partial charge in [0.1, 0.15) is 15.6 Å². The van der Waals surface area contributed by atoms with E-state index in [1.807, 2.05) is 4.90 Å². The van der Waals surface area contributed by atoms with Gasteiger partial charge >= 0.3 is 6.36 Å². The minimum Gasteiger partial charge on any atom is -0.406 e. The zero-order valence-corrected chi connectivity index (χ0v) is 18.0. The van der Waals surface area contributed by atoms with Crippen LogP contribution in [0.5, 0.6) is 5.75 Å². The van der Waals surface area contributed by atoms with E-state index in [0.29, 0.717) is 27.7 Å². The molecular weight excluding hydrogens is 415 g/mol. The van der Waals surface area contributed by atoms with Crippen LogP contribution in [0.3, 0.4) is 0 Å². The minimum absolute atomic E-state index is 0.0226. The lowest BCUT2D eigenvalue weighted by Gasteiger charge is -2.21. The molecule has 1 saturated heterocycles. The van der Waals surface area contributed by atoms with Crippen molar-refractivity contribution in [3.63, 3.8) is 0 Å². The second kappa shape index (κ2) is 9.78. The van der Waals surface area contributed by atoms with Crippen LogP contribution in [0.25, 0.3) is 10.6 Å². The molecule has 1 fully saturated rings. The number of alkyl halides is 3. The second-order valence-electron chi connectivity index (χ2n) is 7.35. The Morgan fingerprint density at radius 3 is 2.57 bits per heavy atom. The summed E-state index contributed by atoms with van der Waals surface area (Å²) in [5, 5.41) is 0.605. The maximum atomic E-state index is 13.1. The molecule has 2 heterocycles. The van der Waals surface area contributed by atoms with Gasteiger partial charge in [0, 0.05) is 25.2 Å². The molecule has 9 heteroatoms. The molecule has 1 aromatic heterocycles. The van der Waals surface area contributed by atoms with Crippen molar-refractivity contribution in [3.8, 4) is 16.3 Å². The molecule has 0 bridgehead atoms. The third-order valence-corrected chi connectivity index (χ3v) is 6.22. The summed E-state index contributed by atoms with van der Waals surface area (Å²) in [6.45, 7) is 8.32. The zero-order valence-electron chi connectivity index (χ0n) is 17.2. The highest BCUT2D eigenvalue weighted by molar-refractivity contribution is 7.17. The van der Waals surface area contributed by atoms with E-state index in [1.165, 1.54) is 35.6 Å². The number of amides is 1. The average Bonchev–Trinajstić information content (AvgIpc) is 2.93. The number of unbranched alkanes of at least 4 members (excludes halogenated alkanes) is 1. The van der Waals surface area contributed by atoms with Crippen LogP contribution in [-0.2, 0) is 0 Å². The number of thiazole rings is 1. The lowest BCUT2D eigenvalue weighted by atomic mass is 10.2. The first-order chi connectivity index (χ1) is 14.3. The van der Waals surface area contributed by atoms with Gasteiger partial charge in [-0.2, -0.15) is 0 Å². The molecule has 1 amide bonds. The largest absolute Gasteiger partial charge is 0.573 e. The fourth-order valence-electron chi connectivity index (χ4n) is 3.44. The van der Waals surface area contributed by atoms with Gasteiger partial charge in [0.2, 0.25) is 0 Å². The third kappa shape index (κ3) is 5.95. The summed E-state index contributed by atoms with van der Waals surface area (Å²) in [5.74, 6) is -0.307. The molecule has 0 radical (unpaired) electrons. The van der Waals surface area contributed by atoms with E-state index in [1.54, 1.807) is 6.92 Å². The van der Waals surface area contributed by atoms with Gasteiger partial charge in [0.15, 0.2) is 0 Å². The molecule has 164 valence electrons. The number of benzene rings is 1. The standard InChI is InChI=1S/C21H26F3N3O2S/c1-3-4-10-26-11-5-12-27(14-13-26)20(28)18-15(2)25-19(30-18)16-6-8-17(9-7-16)29-21(22,23)24/h6-9H,3-5,10-14H2,1-2H3. The second-order valence-corrected chi connectivity index (χ2v) is 8.35. The molecular formula is C21H26F3N3O2S. The Morgan fingerprint density at radius 1 is 1.17 bits per heavy atom. The van der Waals surface area contributed by atoms with E-state index in [9.17, 15) is 18.0 Å².